The van der Waals surface area contributed by atoms with Gasteiger partial charge in [0, 0.05) is 0 Å². The van der Waals surface area contributed by atoms with Crippen LogP contribution in [0.5, 0.6) is 0 Å². The fraction of sp³-hybridized carbons (Fsp3) is 0.500. The summed E-state index contributed by atoms with van der Waals surface area (Å²) in [5, 5.41) is 0. The molecule has 0 saturated heterocycles. The Hall–Kier alpha value is -1.10. The maximum Gasteiger partial charge on any atom is 0.472 e. The molecule has 0 aromatic rings. The summed E-state index contributed by atoms with van der Waals surface area (Å²) in [5.74, 6) is 4.30. The number of nitrogens with two attached hydrogens (primary N) is 2. The van der Waals surface area contributed by atoms with Crippen molar-refractivity contribution in [3.05, 3.63) is 0 Å². The average molecular weight is 255 g/mol. The Morgan fingerprint density at radius 2 is 1.60 bits per heavy atom. The van der Waals surface area contributed by atoms with E-state index in [1.54, 1.807) is 0 Å². The molecule has 2 amide bonds. The topological polar surface area (TPSA) is 142 Å². The Balaban J connectivity index is -0.000000449. The molecule has 0 atom stereocenters. The molecule has 15 heavy (non-hydrogen) atoms. The van der Waals surface area contributed by atoms with Crippen molar-refractivity contribution in [3.8, 4) is 0 Å². The first kappa shape index (κ1) is 19.5. The van der Waals surface area contributed by atoms with Gasteiger partial charge in [-0.3, -0.25) is 32.1 Å². The Labute approximate surface area is 87.2 Å². The molecule has 11 heteroatoms. The number of rotatable bonds is 1. The molecule has 0 unspecified atom stereocenters. The van der Waals surface area contributed by atoms with Gasteiger partial charge in [-0.15, -0.1) is 11.6 Å². The summed E-state index contributed by atoms with van der Waals surface area (Å²) in [4.78, 5) is 20.2. The maximum atomic E-state index is 11.4. The number of carbonyl (C=O) groups excluding carboxylic acids is 2. The average Bonchev–Trinajstić information content (AvgIpc) is 2.15. The summed E-state index contributed by atoms with van der Waals surface area (Å²) >= 11 is 4.91. The van der Waals surface area contributed by atoms with Crippen LogP contribution >= 0.6 is 11.6 Å². The smallest absolute Gasteiger partial charge is 0.412 e. The van der Waals surface area contributed by atoms with Gasteiger partial charge in [0.2, 0.25) is 0 Å². The van der Waals surface area contributed by atoms with Crippen LogP contribution in [0, 0.1) is 0 Å². The van der Waals surface area contributed by atoms with Crippen molar-refractivity contribution < 1.29 is 28.2 Å². The predicted molar refractivity (Wildman–Crippen MR) is 45.0 cm³/mol. The lowest BCUT2D eigenvalue weighted by Gasteiger charge is -2.07. The normalized spacial score (nSPS) is 8.93. The van der Waals surface area contributed by atoms with Gasteiger partial charge in [-0.25, -0.2) is 0 Å². The first-order valence-electron chi connectivity index (χ1n) is 2.93. The zero-order valence-electron chi connectivity index (χ0n) is 7.19. The SMILES string of the molecule is NN.O.O=C(CCl)NNC(=O)C(F)(F)F. The van der Waals surface area contributed by atoms with Crippen LogP contribution in [0.3, 0.4) is 0 Å². The molecule has 0 heterocycles. The molecule has 0 fully saturated rings. The standard InChI is InChI=1S/C4H4ClF3N2O2.H4N2.H2O/c5-1-2(11)9-10-3(12)4(6,7)8;1-2;/h1H2,(H,9,11)(H,10,12);1-2H2;1H2. The summed E-state index contributed by atoms with van der Waals surface area (Å²) in [7, 11) is 0. The maximum absolute atomic E-state index is 11.4. The molecule has 0 bridgehead atoms. The molecule has 0 aliphatic carbocycles. The molecule has 0 aromatic carbocycles. The van der Waals surface area contributed by atoms with Gasteiger partial charge in [0.05, 0.1) is 0 Å². The zero-order chi connectivity index (χ0) is 11.8. The van der Waals surface area contributed by atoms with Crippen LogP contribution in [-0.4, -0.2) is 29.3 Å². The molecular formula is C4H10ClF3N4O3. The van der Waals surface area contributed by atoms with E-state index < -0.39 is 23.9 Å². The molecule has 0 radical (unpaired) electrons. The quantitative estimate of drug-likeness (QED) is 0.242. The monoisotopic (exact) mass is 254 g/mol. The molecule has 0 spiro atoms. The molecular weight excluding hydrogens is 245 g/mol. The van der Waals surface area contributed by atoms with E-state index in [0.29, 0.717) is 0 Å². The van der Waals surface area contributed by atoms with Gasteiger partial charge in [-0.05, 0) is 0 Å². The van der Waals surface area contributed by atoms with Gasteiger partial charge in [0.15, 0.2) is 0 Å². The van der Waals surface area contributed by atoms with E-state index in [0.717, 1.165) is 5.43 Å². The highest BCUT2D eigenvalue weighted by molar-refractivity contribution is 6.27. The second-order valence-corrected chi connectivity index (χ2v) is 1.90. The first-order chi connectivity index (χ1) is 6.38. The third kappa shape index (κ3) is 10.8. The second kappa shape index (κ2) is 9.45. The Bertz CT molecular complexity index is 200. The Kier molecular flexibility index (Phi) is 12.3. The molecule has 0 saturated carbocycles. The minimum atomic E-state index is -5.01. The zero-order valence-corrected chi connectivity index (χ0v) is 7.95. The predicted octanol–water partition coefficient (Wildman–Crippen LogP) is -2.07. The summed E-state index contributed by atoms with van der Waals surface area (Å²) in [6.45, 7) is 0. The van der Waals surface area contributed by atoms with Crippen LogP contribution < -0.4 is 22.5 Å². The number of hydrazine groups is 2. The second-order valence-electron chi connectivity index (χ2n) is 1.63. The number of carbonyl (C=O) groups is 2. The van der Waals surface area contributed by atoms with E-state index >= 15 is 0 Å². The summed E-state index contributed by atoms with van der Waals surface area (Å²) in [6.07, 6.45) is -5.01. The highest BCUT2D eigenvalue weighted by Crippen LogP contribution is 2.13. The number of halogens is 4. The number of amides is 2. The highest BCUT2D eigenvalue weighted by atomic mass is 35.5. The van der Waals surface area contributed by atoms with Crippen LogP contribution in [0.25, 0.3) is 0 Å². The van der Waals surface area contributed by atoms with E-state index in [1.165, 1.54) is 5.43 Å². The van der Waals surface area contributed by atoms with Gasteiger partial charge in [0.1, 0.15) is 5.88 Å². The Morgan fingerprint density at radius 3 is 1.87 bits per heavy atom. The van der Waals surface area contributed by atoms with Crippen LogP contribution in [0.1, 0.15) is 0 Å². The van der Waals surface area contributed by atoms with Gasteiger partial charge >= 0.3 is 12.1 Å². The fourth-order valence-corrected chi connectivity index (χ4v) is 0.298. The first-order valence-corrected chi connectivity index (χ1v) is 3.46. The van der Waals surface area contributed by atoms with Crippen molar-refractivity contribution in [2.45, 2.75) is 6.18 Å². The lowest BCUT2D eigenvalue weighted by Crippen LogP contribution is -2.48. The third-order valence-corrected chi connectivity index (χ3v) is 0.937. The van der Waals surface area contributed by atoms with E-state index in [1.807, 2.05) is 0 Å². The minimum Gasteiger partial charge on any atom is -0.412 e. The number of nitrogens with one attached hydrogen (secondary N) is 2. The van der Waals surface area contributed by atoms with E-state index in [4.69, 9.17) is 11.6 Å². The highest BCUT2D eigenvalue weighted by Gasteiger charge is 2.38. The largest absolute Gasteiger partial charge is 0.472 e. The van der Waals surface area contributed by atoms with Gasteiger partial charge < -0.3 is 5.48 Å². The van der Waals surface area contributed by atoms with Crippen molar-refractivity contribution in [2.24, 2.45) is 11.7 Å². The lowest BCUT2D eigenvalue weighted by molar-refractivity contribution is -0.175. The van der Waals surface area contributed by atoms with Crippen molar-refractivity contribution in [2.75, 3.05) is 5.88 Å². The Morgan fingerprint density at radius 1 is 1.20 bits per heavy atom. The van der Waals surface area contributed by atoms with E-state index in [2.05, 4.69) is 11.7 Å². The summed E-state index contributed by atoms with van der Waals surface area (Å²) in [5.41, 5.74) is 2.57. The molecule has 7 nitrogen and oxygen atoms in total. The van der Waals surface area contributed by atoms with Gasteiger partial charge in [-0.1, -0.05) is 0 Å². The van der Waals surface area contributed by atoms with Crippen molar-refractivity contribution in [3.63, 3.8) is 0 Å². The molecule has 92 valence electrons. The molecule has 8 N–H and O–H groups in total. The third-order valence-electron chi connectivity index (χ3n) is 0.694. The van der Waals surface area contributed by atoms with Gasteiger partial charge in [0.25, 0.3) is 5.91 Å². The molecule has 0 aliphatic heterocycles. The van der Waals surface area contributed by atoms with E-state index in [9.17, 15) is 22.8 Å². The molecule has 0 rings (SSSR count). The van der Waals surface area contributed by atoms with Crippen molar-refractivity contribution in [1.29, 1.82) is 0 Å². The molecule has 0 aromatic heterocycles. The number of hydrogen-bond acceptors (Lipinski definition) is 4. The van der Waals surface area contributed by atoms with E-state index in [-0.39, 0.29) is 5.48 Å². The van der Waals surface area contributed by atoms with Crippen molar-refractivity contribution in [1.82, 2.24) is 10.9 Å². The fourth-order valence-electron chi connectivity index (χ4n) is 0.231. The molecule has 0 aliphatic rings. The number of hydrogen-bond donors (Lipinski definition) is 4. The summed E-state index contributed by atoms with van der Waals surface area (Å²) in [6, 6.07) is 0. The summed E-state index contributed by atoms with van der Waals surface area (Å²) < 4.78 is 34.2. The van der Waals surface area contributed by atoms with Crippen LogP contribution in [-0.2, 0) is 9.59 Å². The van der Waals surface area contributed by atoms with Crippen LogP contribution in [0.15, 0.2) is 0 Å². The van der Waals surface area contributed by atoms with Crippen LogP contribution in [0.2, 0.25) is 0 Å². The van der Waals surface area contributed by atoms with Crippen LogP contribution in [0.4, 0.5) is 13.2 Å². The van der Waals surface area contributed by atoms with Gasteiger partial charge in [-0.2, -0.15) is 13.2 Å². The minimum absolute atomic E-state index is 0. The lowest BCUT2D eigenvalue weighted by atomic mass is 10.6. The van der Waals surface area contributed by atoms with Crippen molar-refractivity contribution >= 4 is 23.4 Å². The number of alkyl halides is 4.